The molecule has 0 atom stereocenters. The van der Waals surface area contributed by atoms with Crippen LogP contribution in [0.4, 0.5) is 0 Å². The molecule has 2 aromatic heterocycles. The van der Waals surface area contributed by atoms with Gasteiger partial charge in [0.25, 0.3) is 0 Å². The fourth-order valence-corrected chi connectivity index (χ4v) is 1.09. The van der Waals surface area contributed by atoms with Crippen LogP contribution in [0.25, 0.3) is 10.9 Å². The zero-order valence-corrected chi connectivity index (χ0v) is 6.74. The van der Waals surface area contributed by atoms with Crippen LogP contribution in [-0.4, -0.2) is 21.8 Å². The number of nitrogens with zero attached hydrogens (tertiary/aromatic N) is 2. The molecule has 2 heterocycles. The Morgan fingerprint density at radius 2 is 2.50 bits per heavy atom. The summed E-state index contributed by atoms with van der Waals surface area (Å²) in [6.45, 7) is 2.54. The van der Waals surface area contributed by atoms with Gasteiger partial charge in [0, 0.05) is 11.6 Å². The van der Waals surface area contributed by atoms with Gasteiger partial charge in [-0.05, 0) is 13.0 Å². The molecule has 0 amide bonds. The van der Waals surface area contributed by atoms with Crippen molar-refractivity contribution in [2.24, 2.45) is 0 Å². The Kier molecular flexibility index (Phi) is 1.66. The van der Waals surface area contributed by atoms with Crippen LogP contribution in [0.5, 0.6) is 5.88 Å². The van der Waals surface area contributed by atoms with E-state index in [1.54, 1.807) is 12.4 Å². The fourth-order valence-electron chi connectivity index (χ4n) is 1.09. The van der Waals surface area contributed by atoms with Gasteiger partial charge in [0.1, 0.15) is 5.52 Å². The van der Waals surface area contributed by atoms with Crippen molar-refractivity contribution in [3.63, 3.8) is 0 Å². The van der Waals surface area contributed by atoms with Crippen molar-refractivity contribution in [3.8, 4) is 5.88 Å². The largest absolute Gasteiger partial charge is 0.476 e. The monoisotopic (exact) mass is 163 g/mol. The number of ether oxygens (including phenoxy) is 1. The molecule has 0 saturated heterocycles. The van der Waals surface area contributed by atoms with Crippen molar-refractivity contribution in [3.05, 3.63) is 18.5 Å². The van der Waals surface area contributed by atoms with Gasteiger partial charge < -0.3 is 4.74 Å². The van der Waals surface area contributed by atoms with E-state index in [1.807, 2.05) is 13.0 Å². The maximum Gasteiger partial charge on any atom is 0.239 e. The van der Waals surface area contributed by atoms with Crippen LogP contribution < -0.4 is 4.74 Å². The second-order valence-electron chi connectivity index (χ2n) is 2.38. The Labute approximate surface area is 69.6 Å². The lowest BCUT2D eigenvalue weighted by atomic mass is 10.3. The van der Waals surface area contributed by atoms with Crippen molar-refractivity contribution in [2.45, 2.75) is 6.92 Å². The average molecular weight is 163 g/mol. The topological polar surface area (TPSA) is 50.8 Å². The first-order valence-corrected chi connectivity index (χ1v) is 3.82. The molecule has 0 aliphatic rings. The summed E-state index contributed by atoms with van der Waals surface area (Å²) < 4.78 is 5.30. The lowest BCUT2D eigenvalue weighted by Crippen LogP contribution is -1.94. The summed E-state index contributed by atoms with van der Waals surface area (Å²) >= 11 is 0. The third-order valence-electron chi connectivity index (χ3n) is 1.61. The first kappa shape index (κ1) is 7.09. The number of rotatable bonds is 2. The van der Waals surface area contributed by atoms with Crippen molar-refractivity contribution < 1.29 is 4.74 Å². The lowest BCUT2D eigenvalue weighted by molar-refractivity contribution is 0.330. The Balaban J connectivity index is 2.57. The minimum absolute atomic E-state index is 0.616. The summed E-state index contributed by atoms with van der Waals surface area (Å²) in [4.78, 5) is 4.08. The van der Waals surface area contributed by atoms with E-state index < -0.39 is 0 Å². The van der Waals surface area contributed by atoms with E-state index >= 15 is 0 Å². The SMILES string of the molecule is CCOc1nccc2cn[nH]c12. The van der Waals surface area contributed by atoms with E-state index in [1.165, 1.54) is 0 Å². The standard InChI is InChI=1S/C8H9N3O/c1-2-12-8-7-6(3-4-9-8)5-10-11-7/h3-5H,2H2,1H3,(H,10,11). The maximum atomic E-state index is 5.30. The summed E-state index contributed by atoms with van der Waals surface area (Å²) in [7, 11) is 0. The molecule has 0 aliphatic carbocycles. The molecule has 0 unspecified atom stereocenters. The van der Waals surface area contributed by atoms with Gasteiger partial charge in [0.05, 0.1) is 12.8 Å². The van der Waals surface area contributed by atoms with E-state index in [-0.39, 0.29) is 0 Å². The highest BCUT2D eigenvalue weighted by molar-refractivity contribution is 5.81. The number of fused-ring (bicyclic) bond motifs is 1. The molecule has 0 spiro atoms. The van der Waals surface area contributed by atoms with Crippen LogP contribution in [0.15, 0.2) is 18.5 Å². The third kappa shape index (κ3) is 1.01. The second-order valence-corrected chi connectivity index (χ2v) is 2.38. The molecule has 2 rings (SSSR count). The molecule has 0 saturated carbocycles. The quantitative estimate of drug-likeness (QED) is 0.727. The van der Waals surface area contributed by atoms with Crippen molar-refractivity contribution in [2.75, 3.05) is 6.61 Å². The predicted octanol–water partition coefficient (Wildman–Crippen LogP) is 1.36. The summed E-state index contributed by atoms with van der Waals surface area (Å²) in [6.07, 6.45) is 3.46. The Morgan fingerprint density at radius 1 is 1.58 bits per heavy atom. The van der Waals surface area contributed by atoms with E-state index in [9.17, 15) is 0 Å². The molecule has 4 nitrogen and oxygen atoms in total. The third-order valence-corrected chi connectivity index (χ3v) is 1.61. The normalized spacial score (nSPS) is 10.4. The number of nitrogens with one attached hydrogen (secondary N) is 1. The van der Waals surface area contributed by atoms with Crippen LogP contribution in [0.3, 0.4) is 0 Å². The molecule has 0 aliphatic heterocycles. The minimum Gasteiger partial charge on any atom is -0.476 e. The Bertz CT molecular complexity index is 382. The van der Waals surface area contributed by atoms with Gasteiger partial charge in [-0.3, -0.25) is 5.10 Å². The smallest absolute Gasteiger partial charge is 0.239 e. The van der Waals surface area contributed by atoms with Crippen LogP contribution in [0, 0.1) is 0 Å². The van der Waals surface area contributed by atoms with Gasteiger partial charge in [0.2, 0.25) is 5.88 Å². The predicted molar refractivity (Wildman–Crippen MR) is 45.1 cm³/mol. The summed E-state index contributed by atoms with van der Waals surface area (Å²) in [6, 6.07) is 1.89. The second kappa shape index (κ2) is 2.81. The highest BCUT2D eigenvalue weighted by atomic mass is 16.5. The summed E-state index contributed by atoms with van der Waals surface area (Å²) in [5, 5.41) is 7.76. The van der Waals surface area contributed by atoms with Gasteiger partial charge in [-0.15, -0.1) is 0 Å². The first-order valence-electron chi connectivity index (χ1n) is 3.82. The highest BCUT2D eigenvalue weighted by Gasteiger charge is 2.02. The van der Waals surface area contributed by atoms with E-state index in [0.717, 1.165) is 10.9 Å². The molecule has 0 bridgehead atoms. The number of aromatic nitrogens is 3. The zero-order valence-electron chi connectivity index (χ0n) is 6.74. The lowest BCUT2D eigenvalue weighted by Gasteiger charge is -2.00. The van der Waals surface area contributed by atoms with Crippen LogP contribution in [-0.2, 0) is 0 Å². The number of hydrogen-bond donors (Lipinski definition) is 1. The Morgan fingerprint density at radius 3 is 3.33 bits per heavy atom. The van der Waals surface area contributed by atoms with E-state index in [2.05, 4.69) is 15.2 Å². The van der Waals surface area contributed by atoms with E-state index in [0.29, 0.717) is 12.5 Å². The van der Waals surface area contributed by atoms with Gasteiger partial charge in [0.15, 0.2) is 0 Å². The molecule has 0 aromatic carbocycles. The number of pyridine rings is 1. The molecular formula is C8H9N3O. The first-order chi connectivity index (χ1) is 5.92. The number of H-pyrrole nitrogens is 1. The fraction of sp³-hybridized carbons (Fsp3) is 0.250. The van der Waals surface area contributed by atoms with Gasteiger partial charge in [-0.1, -0.05) is 0 Å². The maximum absolute atomic E-state index is 5.30. The molecule has 2 aromatic rings. The molecule has 0 radical (unpaired) electrons. The van der Waals surface area contributed by atoms with Gasteiger partial charge in [-0.2, -0.15) is 5.10 Å². The molecule has 0 fully saturated rings. The molecular weight excluding hydrogens is 154 g/mol. The van der Waals surface area contributed by atoms with E-state index in [4.69, 9.17) is 4.74 Å². The van der Waals surface area contributed by atoms with Crippen molar-refractivity contribution in [1.29, 1.82) is 0 Å². The molecule has 62 valence electrons. The molecule has 12 heavy (non-hydrogen) atoms. The van der Waals surface area contributed by atoms with Crippen LogP contribution in [0.2, 0.25) is 0 Å². The van der Waals surface area contributed by atoms with Crippen molar-refractivity contribution in [1.82, 2.24) is 15.2 Å². The van der Waals surface area contributed by atoms with Crippen LogP contribution in [0.1, 0.15) is 6.92 Å². The average Bonchev–Trinajstić information content (AvgIpc) is 2.53. The summed E-state index contributed by atoms with van der Waals surface area (Å²) in [5.41, 5.74) is 0.861. The number of hydrogen-bond acceptors (Lipinski definition) is 3. The zero-order chi connectivity index (χ0) is 8.39. The van der Waals surface area contributed by atoms with Crippen LogP contribution >= 0.6 is 0 Å². The van der Waals surface area contributed by atoms with Gasteiger partial charge >= 0.3 is 0 Å². The number of aromatic amines is 1. The van der Waals surface area contributed by atoms with Gasteiger partial charge in [-0.25, -0.2) is 4.98 Å². The molecule has 4 heteroatoms. The van der Waals surface area contributed by atoms with Crippen molar-refractivity contribution >= 4 is 10.9 Å². The molecule has 1 N–H and O–H groups in total. The summed E-state index contributed by atoms with van der Waals surface area (Å²) in [5.74, 6) is 0.618. The highest BCUT2D eigenvalue weighted by Crippen LogP contribution is 2.19. The Hall–Kier alpha value is -1.58. The minimum atomic E-state index is 0.616.